The molecule has 1 amide bonds. The average molecular weight is 346 g/mol. The van der Waals surface area contributed by atoms with E-state index in [1.165, 1.54) is 11.1 Å². The van der Waals surface area contributed by atoms with Crippen molar-refractivity contribution >= 4 is 27.5 Å². The lowest BCUT2D eigenvalue weighted by Crippen LogP contribution is -2.19. The van der Waals surface area contributed by atoms with E-state index in [9.17, 15) is 4.79 Å². The maximum absolute atomic E-state index is 12.5. The quantitative estimate of drug-likeness (QED) is 0.768. The van der Waals surface area contributed by atoms with Crippen molar-refractivity contribution in [2.45, 2.75) is 31.5 Å². The van der Waals surface area contributed by atoms with E-state index < -0.39 is 0 Å². The average Bonchev–Trinajstić information content (AvgIpc) is 2.55. The summed E-state index contributed by atoms with van der Waals surface area (Å²) in [5, 5.41) is 3.09. The van der Waals surface area contributed by atoms with Gasteiger partial charge in [-0.2, -0.15) is 0 Å². The molecule has 0 aliphatic heterocycles. The molecule has 0 bridgehead atoms. The number of carbonyl (C=O) groups is 1. The number of benzene rings is 2. The van der Waals surface area contributed by atoms with Crippen molar-refractivity contribution in [3.63, 3.8) is 0 Å². The Morgan fingerprint density at radius 1 is 1.00 bits per heavy atom. The van der Waals surface area contributed by atoms with Gasteiger partial charge < -0.3 is 5.32 Å². The van der Waals surface area contributed by atoms with Crippen LogP contribution in [-0.2, 0) is 17.6 Å². The van der Waals surface area contributed by atoms with Gasteiger partial charge in [0.05, 0.1) is 0 Å². The topological polar surface area (TPSA) is 29.1 Å². The van der Waals surface area contributed by atoms with Crippen molar-refractivity contribution in [1.82, 2.24) is 0 Å². The zero-order valence-corrected chi connectivity index (χ0v) is 14.0. The molecule has 0 aromatic heterocycles. The SMILES string of the molecule is CCc1cccc(CC)c1NC(=O)[C@H](Br)c1ccccc1. The molecule has 0 heterocycles. The highest BCUT2D eigenvalue weighted by atomic mass is 79.9. The highest BCUT2D eigenvalue weighted by Crippen LogP contribution is 2.27. The number of hydrogen-bond acceptors (Lipinski definition) is 1. The third-order valence-corrected chi connectivity index (χ3v) is 4.51. The van der Waals surface area contributed by atoms with Gasteiger partial charge in [0.25, 0.3) is 0 Å². The number of halogens is 1. The van der Waals surface area contributed by atoms with Crippen LogP contribution in [0.15, 0.2) is 48.5 Å². The molecule has 110 valence electrons. The normalized spacial score (nSPS) is 12.0. The summed E-state index contributed by atoms with van der Waals surface area (Å²) in [6.45, 7) is 4.21. The number of alkyl halides is 1. The summed E-state index contributed by atoms with van der Waals surface area (Å²) in [6, 6.07) is 15.9. The molecule has 0 aliphatic rings. The van der Waals surface area contributed by atoms with Gasteiger partial charge in [-0.3, -0.25) is 4.79 Å². The van der Waals surface area contributed by atoms with Crippen molar-refractivity contribution in [2.24, 2.45) is 0 Å². The Morgan fingerprint density at radius 3 is 2.10 bits per heavy atom. The number of amides is 1. The number of carbonyl (C=O) groups excluding carboxylic acids is 1. The summed E-state index contributed by atoms with van der Waals surface area (Å²) in [7, 11) is 0. The lowest BCUT2D eigenvalue weighted by Gasteiger charge is -2.17. The Balaban J connectivity index is 2.24. The molecule has 0 saturated heterocycles. The Hall–Kier alpha value is -1.61. The summed E-state index contributed by atoms with van der Waals surface area (Å²) >= 11 is 3.49. The molecule has 0 radical (unpaired) electrons. The van der Waals surface area contributed by atoms with Crippen LogP contribution in [0.3, 0.4) is 0 Å². The summed E-state index contributed by atoms with van der Waals surface area (Å²) in [5.41, 5.74) is 4.28. The van der Waals surface area contributed by atoms with Crippen LogP contribution in [-0.4, -0.2) is 5.91 Å². The van der Waals surface area contributed by atoms with Crippen LogP contribution in [0.1, 0.15) is 35.4 Å². The van der Waals surface area contributed by atoms with Gasteiger partial charge in [-0.15, -0.1) is 0 Å². The van der Waals surface area contributed by atoms with Gasteiger partial charge in [0.15, 0.2) is 0 Å². The lowest BCUT2D eigenvalue weighted by atomic mass is 10.0. The Labute approximate surface area is 134 Å². The van der Waals surface area contributed by atoms with Crippen molar-refractivity contribution in [3.8, 4) is 0 Å². The van der Waals surface area contributed by atoms with E-state index in [0.29, 0.717) is 0 Å². The molecule has 2 aromatic carbocycles. The summed E-state index contributed by atoms with van der Waals surface area (Å²) in [4.78, 5) is 12.2. The maximum atomic E-state index is 12.5. The van der Waals surface area contributed by atoms with E-state index in [1.54, 1.807) is 0 Å². The standard InChI is InChI=1S/C18H20BrNO/c1-3-13-11-8-12-14(4-2)17(13)20-18(21)16(19)15-9-6-5-7-10-15/h5-12,16H,3-4H2,1-2H3,(H,20,21)/t16-/m1/s1. The molecule has 0 aliphatic carbocycles. The van der Waals surface area contributed by atoms with Crippen LogP contribution in [0, 0.1) is 0 Å². The van der Waals surface area contributed by atoms with Crippen molar-refractivity contribution in [3.05, 3.63) is 65.2 Å². The Bertz CT molecular complexity index is 588. The van der Waals surface area contributed by atoms with Crippen LogP contribution in [0.5, 0.6) is 0 Å². The molecule has 0 unspecified atom stereocenters. The Kier molecular flexibility index (Phi) is 5.57. The molecular formula is C18H20BrNO. The van der Waals surface area contributed by atoms with Crippen LogP contribution in [0.2, 0.25) is 0 Å². The zero-order valence-electron chi connectivity index (χ0n) is 12.4. The minimum atomic E-state index is -0.340. The molecule has 2 nitrogen and oxygen atoms in total. The fourth-order valence-corrected chi connectivity index (χ4v) is 2.78. The van der Waals surface area contributed by atoms with Gasteiger partial charge in [-0.1, -0.05) is 78.3 Å². The molecule has 2 rings (SSSR count). The lowest BCUT2D eigenvalue weighted by molar-refractivity contribution is -0.115. The summed E-state index contributed by atoms with van der Waals surface area (Å²) in [5.74, 6) is -0.0307. The second-order valence-electron chi connectivity index (χ2n) is 4.92. The van der Waals surface area contributed by atoms with Crippen LogP contribution < -0.4 is 5.32 Å². The highest BCUT2D eigenvalue weighted by molar-refractivity contribution is 9.09. The zero-order chi connectivity index (χ0) is 15.2. The van der Waals surface area contributed by atoms with Crippen molar-refractivity contribution in [1.29, 1.82) is 0 Å². The predicted molar refractivity (Wildman–Crippen MR) is 91.9 cm³/mol. The van der Waals surface area contributed by atoms with E-state index >= 15 is 0 Å². The summed E-state index contributed by atoms with van der Waals surface area (Å²) in [6.07, 6.45) is 1.81. The molecule has 0 fully saturated rings. The highest BCUT2D eigenvalue weighted by Gasteiger charge is 2.18. The minimum Gasteiger partial charge on any atom is -0.324 e. The molecular weight excluding hydrogens is 326 g/mol. The predicted octanol–water partition coefficient (Wildman–Crippen LogP) is 4.89. The number of aryl methyl sites for hydroxylation is 2. The van der Waals surface area contributed by atoms with Crippen LogP contribution in [0.25, 0.3) is 0 Å². The van der Waals surface area contributed by atoms with Crippen molar-refractivity contribution < 1.29 is 4.79 Å². The van der Waals surface area contributed by atoms with Crippen molar-refractivity contribution in [2.75, 3.05) is 5.32 Å². The maximum Gasteiger partial charge on any atom is 0.242 e. The van der Waals surface area contributed by atoms with Crippen LogP contribution >= 0.6 is 15.9 Å². The summed E-state index contributed by atoms with van der Waals surface area (Å²) < 4.78 is 0. The fraction of sp³-hybridized carbons (Fsp3) is 0.278. The second kappa shape index (κ2) is 7.41. The van der Waals surface area contributed by atoms with Crippen LogP contribution in [0.4, 0.5) is 5.69 Å². The van der Waals surface area contributed by atoms with Gasteiger partial charge in [-0.25, -0.2) is 0 Å². The smallest absolute Gasteiger partial charge is 0.242 e. The molecule has 2 aromatic rings. The Morgan fingerprint density at radius 2 is 1.57 bits per heavy atom. The largest absolute Gasteiger partial charge is 0.324 e. The molecule has 1 atom stereocenters. The second-order valence-corrected chi connectivity index (χ2v) is 5.84. The first-order chi connectivity index (χ1) is 10.2. The molecule has 0 saturated carbocycles. The first-order valence-electron chi connectivity index (χ1n) is 7.28. The van der Waals surface area contributed by atoms with Gasteiger partial charge in [0.1, 0.15) is 4.83 Å². The third-order valence-electron chi connectivity index (χ3n) is 3.57. The van der Waals surface area contributed by atoms with Gasteiger partial charge in [-0.05, 0) is 29.5 Å². The number of para-hydroxylation sites is 1. The van der Waals surface area contributed by atoms with E-state index in [0.717, 1.165) is 24.1 Å². The first-order valence-corrected chi connectivity index (χ1v) is 8.19. The molecule has 21 heavy (non-hydrogen) atoms. The molecule has 1 N–H and O–H groups in total. The fourth-order valence-electron chi connectivity index (χ4n) is 2.36. The molecule has 3 heteroatoms. The number of rotatable bonds is 5. The van der Waals surface area contributed by atoms with E-state index in [4.69, 9.17) is 0 Å². The minimum absolute atomic E-state index is 0.0307. The third kappa shape index (κ3) is 3.73. The van der Waals surface area contributed by atoms with Gasteiger partial charge in [0.2, 0.25) is 5.91 Å². The van der Waals surface area contributed by atoms with E-state index in [2.05, 4.69) is 53.3 Å². The van der Waals surface area contributed by atoms with Gasteiger partial charge >= 0.3 is 0 Å². The van der Waals surface area contributed by atoms with E-state index in [-0.39, 0.29) is 10.7 Å². The number of nitrogens with one attached hydrogen (secondary N) is 1. The first kappa shape index (κ1) is 15.8. The monoisotopic (exact) mass is 345 g/mol. The van der Waals surface area contributed by atoms with E-state index in [1.807, 2.05) is 30.3 Å². The molecule has 0 spiro atoms. The number of anilines is 1. The number of hydrogen-bond donors (Lipinski definition) is 1. The van der Waals surface area contributed by atoms with Gasteiger partial charge in [0, 0.05) is 5.69 Å².